The lowest BCUT2D eigenvalue weighted by Crippen LogP contribution is -2.24. The van der Waals surface area contributed by atoms with Crippen LogP contribution in [0, 0.1) is 32.1 Å². The predicted molar refractivity (Wildman–Crippen MR) is 91.9 cm³/mol. The highest BCUT2D eigenvalue weighted by Gasteiger charge is 2.27. The zero-order chi connectivity index (χ0) is 18.5. The van der Waals surface area contributed by atoms with Crippen molar-refractivity contribution in [2.75, 3.05) is 0 Å². The number of benzene rings is 1. The molecule has 0 saturated carbocycles. The van der Waals surface area contributed by atoms with Gasteiger partial charge in [0.25, 0.3) is 5.56 Å². The minimum Gasteiger partial charge on any atom is -0.494 e. The fraction of sp³-hybridized carbons (Fsp3) is 0.211. The smallest absolute Gasteiger partial charge is 0.271 e. The first-order valence-electron chi connectivity index (χ1n) is 7.65. The largest absolute Gasteiger partial charge is 0.494 e. The molecule has 6 nitrogen and oxygen atoms in total. The monoisotopic (exact) mass is 336 g/mol. The van der Waals surface area contributed by atoms with E-state index < -0.39 is 17.2 Å². The number of aromatic hydroxyl groups is 1. The molecule has 6 heteroatoms. The summed E-state index contributed by atoms with van der Waals surface area (Å²) in [5, 5.41) is 20.3. The standard InChI is InChI=1S/C19H16N2O4/c1-9-5-6-14-12(7-9)11(3)17(25-14)16(22)15-10(2)13(8-20)18(23)21(4)19(15)24/h5-7,24H,1-4H3. The number of nitriles is 1. The number of aryl methyl sites for hydroxylation is 2. The Labute approximate surface area is 143 Å². The van der Waals surface area contributed by atoms with Crippen LogP contribution in [0.2, 0.25) is 0 Å². The van der Waals surface area contributed by atoms with E-state index in [1.165, 1.54) is 14.0 Å². The summed E-state index contributed by atoms with van der Waals surface area (Å²) in [5.41, 5.74) is 1.47. The van der Waals surface area contributed by atoms with E-state index in [9.17, 15) is 20.0 Å². The molecule has 1 N–H and O–H groups in total. The van der Waals surface area contributed by atoms with Crippen molar-refractivity contribution in [1.29, 1.82) is 5.26 Å². The average molecular weight is 336 g/mol. The van der Waals surface area contributed by atoms with E-state index in [0.717, 1.165) is 15.5 Å². The Morgan fingerprint density at radius 1 is 1.24 bits per heavy atom. The highest BCUT2D eigenvalue weighted by atomic mass is 16.3. The summed E-state index contributed by atoms with van der Waals surface area (Å²) in [7, 11) is 1.31. The van der Waals surface area contributed by atoms with Crippen LogP contribution in [0.4, 0.5) is 0 Å². The number of nitrogens with zero attached hydrogens (tertiary/aromatic N) is 2. The van der Waals surface area contributed by atoms with E-state index >= 15 is 0 Å². The topological polar surface area (TPSA) is 96.2 Å². The maximum Gasteiger partial charge on any atom is 0.271 e. The molecule has 3 rings (SSSR count). The Hall–Kier alpha value is -3.33. The number of fused-ring (bicyclic) bond motifs is 1. The van der Waals surface area contributed by atoms with Gasteiger partial charge in [-0.15, -0.1) is 0 Å². The molecule has 0 aliphatic heterocycles. The van der Waals surface area contributed by atoms with Crippen molar-refractivity contribution < 1.29 is 14.3 Å². The normalized spacial score (nSPS) is 10.8. The summed E-state index contributed by atoms with van der Waals surface area (Å²) >= 11 is 0. The summed E-state index contributed by atoms with van der Waals surface area (Å²) < 4.78 is 6.58. The third-order valence-electron chi connectivity index (χ3n) is 4.45. The number of aromatic nitrogens is 1. The van der Waals surface area contributed by atoms with Gasteiger partial charge in [-0.2, -0.15) is 5.26 Å². The zero-order valence-electron chi connectivity index (χ0n) is 14.3. The highest BCUT2D eigenvalue weighted by molar-refractivity contribution is 6.12. The second-order valence-corrected chi connectivity index (χ2v) is 6.06. The van der Waals surface area contributed by atoms with Crippen molar-refractivity contribution in [3.8, 4) is 11.9 Å². The van der Waals surface area contributed by atoms with Gasteiger partial charge in [0, 0.05) is 18.0 Å². The molecule has 2 aromatic heterocycles. The van der Waals surface area contributed by atoms with Crippen molar-refractivity contribution >= 4 is 16.8 Å². The molecular weight excluding hydrogens is 320 g/mol. The van der Waals surface area contributed by atoms with Crippen LogP contribution in [-0.4, -0.2) is 15.5 Å². The Morgan fingerprint density at radius 2 is 1.92 bits per heavy atom. The molecule has 0 aliphatic carbocycles. The Balaban J connectivity index is 2.31. The third-order valence-corrected chi connectivity index (χ3v) is 4.45. The number of ketones is 1. The minimum atomic E-state index is -0.647. The number of carbonyl (C=O) groups excluding carboxylic acids is 1. The van der Waals surface area contributed by atoms with Crippen LogP contribution in [0.1, 0.15) is 38.4 Å². The van der Waals surface area contributed by atoms with E-state index in [0.29, 0.717) is 11.1 Å². The first-order chi connectivity index (χ1) is 11.8. The zero-order valence-corrected chi connectivity index (χ0v) is 14.3. The summed E-state index contributed by atoms with van der Waals surface area (Å²) in [6.45, 7) is 5.17. The number of hydrogen-bond donors (Lipinski definition) is 1. The molecule has 0 aliphatic rings. The van der Waals surface area contributed by atoms with E-state index in [4.69, 9.17) is 4.42 Å². The number of pyridine rings is 1. The number of carbonyl (C=O) groups is 1. The maximum absolute atomic E-state index is 13.0. The van der Waals surface area contributed by atoms with E-state index in [-0.39, 0.29) is 22.5 Å². The van der Waals surface area contributed by atoms with E-state index in [1.807, 2.05) is 19.1 Å². The Bertz CT molecular complexity index is 1140. The molecule has 0 radical (unpaired) electrons. The third kappa shape index (κ3) is 2.32. The fourth-order valence-corrected chi connectivity index (χ4v) is 2.95. The molecule has 0 unspecified atom stereocenters. The Morgan fingerprint density at radius 3 is 2.56 bits per heavy atom. The lowest BCUT2D eigenvalue weighted by Gasteiger charge is -2.11. The second kappa shape index (κ2) is 5.64. The van der Waals surface area contributed by atoms with Crippen LogP contribution in [0.15, 0.2) is 27.4 Å². The van der Waals surface area contributed by atoms with Crippen molar-refractivity contribution in [3.05, 3.63) is 62.1 Å². The van der Waals surface area contributed by atoms with Gasteiger partial charge in [0.2, 0.25) is 11.7 Å². The van der Waals surface area contributed by atoms with E-state index in [1.54, 1.807) is 19.1 Å². The fourth-order valence-electron chi connectivity index (χ4n) is 2.95. The summed E-state index contributed by atoms with van der Waals surface area (Å²) in [6.07, 6.45) is 0. The highest BCUT2D eigenvalue weighted by Crippen LogP contribution is 2.31. The molecule has 3 aromatic rings. The quantitative estimate of drug-likeness (QED) is 0.726. The molecule has 0 atom stereocenters. The number of rotatable bonds is 2. The van der Waals surface area contributed by atoms with Gasteiger partial charge in [-0.3, -0.25) is 14.2 Å². The van der Waals surface area contributed by atoms with Crippen LogP contribution in [-0.2, 0) is 7.05 Å². The molecular formula is C19H16N2O4. The molecule has 25 heavy (non-hydrogen) atoms. The summed E-state index contributed by atoms with van der Waals surface area (Å²) in [4.78, 5) is 25.1. The van der Waals surface area contributed by atoms with Crippen molar-refractivity contribution in [3.63, 3.8) is 0 Å². The van der Waals surface area contributed by atoms with Gasteiger partial charge < -0.3 is 9.52 Å². The van der Waals surface area contributed by atoms with Crippen LogP contribution in [0.5, 0.6) is 5.88 Å². The lowest BCUT2D eigenvalue weighted by molar-refractivity contribution is 0.101. The lowest BCUT2D eigenvalue weighted by atomic mass is 9.98. The van der Waals surface area contributed by atoms with Crippen LogP contribution in [0.3, 0.4) is 0 Å². The van der Waals surface area contributed by atoms with E-state index in [2.05, 4.69) is 0 Å². The second-order valence-electron chi connectivity index (χ2n) is 6.06. The molecule has 0 saturated heterocycles. The molecule has 2 heterocycles. The molecule has 0 bridgehead atoms. The van der Waals surface area contributed by atoms with Crippen LogP contribution >= 0.6 is 0 Å². The molecule has 126 valence electrons. The summed E-state index contributed by atoms with van der Waals surface area (Å²) in [6, 6.07) is 7.37. The van der Waals surface area contributed by atoms with Crippen molar-refractivity contribution in [2.45, 2.75) is 20.8 Å². The predicted octanol–water partition coefficient (Wildman–Crippen LogP) is 2.87. The van der Waals surface area contributed by atoms with Crippen molar-refractivity contribution in [2.24, 2.45) is 7.05 Å². The first kappa shape index (κ1) is 16.5. The van der Waals surface area contributed by atoms with Gasteiger partial charge >= 0.3 is 0 Å². The van der Waals surface area contributed by atoms with Gasteiger partial charge in [-0.25, -0.2) is 0 Å². The minimum absolute atomic E-state index is 0.0848. The maximum atomic E-state index is 13.0. The molecule has 0 spiro atoms. The number of hydrogen-bond acceptors (Lipinski definition) is 5. The van der Waals surface area contributed by atoms with Crippen molar-refractivity contribution in [1.82, 2.24) is 4.57 Å². The Kier molecular flexibility index (Phi) is 3.73. The van der Waals surface area contributed by atoms with Crippen LogP contribution in [0.25, 0.3) is 11.0 Å². The van der Waals surface area contributed by atoms with Gasteiger partial charge in [-0.1, -0.05) is 11.6 Å². The van der Waals surface area contributed by atoms with Crippen LogP contribution < -0.4 is 5.56 Å². The van der Waals surface area contributed by atoms with Gasteiger partial charge in [0.05, 0.1) is 5.56 Å². The van der Waals surface area contributed by atoms with Gasteiger partial charge in [0.1, 0.15) is 17.2 Å². The SMILES string of the molecule is Cc1ccc2oc(C(=O)c3c(C)c(C#N)c(=O)n(C)c3O)c(C)c2c1. The van der Waals surface area contributed by atoms with Gasteiger partial charge in [0.15, 0.2) is 5.76 Å². The molecule has 0 fully saturated rings. The molecule has 1 aromatic carbocycles. The van der Waals surface area contributed by atoms with Gasteiger partial charge in [-0.05, 0) is 38.5 Å². The molecule has 0 amide bonds. The summed E-state index contributed by atoms with van der Waals surface area (Å²) in [5.74, 6) is -0.961. The number of furan rings is 1. The first-order valence-corrected chi connectivity index (χ1v) is 7.65. The average Bonchev–Trinajstić information content (AvgIpc) is 2.90.